The molecule has 2 N–H and O–H groups in total. The summed E-state index contributed by atoms with van der Waals surface area (Å²) in [5.74, 6) is 2.69. The van der Waals surface area contributed by atoms with Crippen molar-refractivity contribution in [3.63, 3.8) is 0 Å². The van der Waals surface area contributed by atoms with Gasteiger partial charge >= 0.3 is 0 Å². The number of methoxy groups -OCH3 is 1. The summed E-state index contributed by atoms with van der Waals surface area (Å²) in [5, 5.41) is 0. The topological polar surface area (TPSA) is 44.5 Å². The lowest BCUT2D eigenvalue weighted by Crippen LogP contribution is -2.45. The summed E-state index contributed by atoms with van der Waals surface area (Å²) in [7, 11) is 1.68. The van der Waals surface area contributed by atoms with Crippen LogP contribution in [-0.2, 0) is 0 Å². The van der Waals surface area contributed by atoms with Gasteiger partial charge < -0.3 is 15.2 Å². The van der Waals surface area contributed by atoms with E-state index in [2.05, 4.69) is 6.92 Å². The van der Waals surface area contributed by atoms with Crippen molar-refractivity contribution in [1.29, 1.82) is 0 Å². The van der Waals surface area contributed by atoms with Crippen molar-refractivity contribution in [1.82, 2.24) is 0 Å². The number of benzene rings is 1. The van der Waals surface area contributed by atoms with E-state index in [1.54, 1.807) is 7.11 Å². The molecule has 0 aromatic heterocycles. The average molecular weight is 275 g/mol. The Morgan fingerprint density at radius 3 is 2.75 bits per heavy atom. The maximum absolute atomic E-state index is 6.41. The highest BCUT2D eigenvalue weighted by atomic mass is 16.5. The predicted octanol–water partition coefficient (Wildman–Crippen LogP) is 3.82. The van der Waals surface area contributed by atoms with Gasteiger partial charge in [-0.25, -0.2) is 0 Å². The predicted molar refractivity (Wildman–Crippen MR) is 80.1 cm³/mol. The molecule has 3 rings (SSSR count). The highest BCUT2D eigenvalue weighted by Gasteiger charge is 2.42. The van der Waals surface area contributed by atoms with Gasteiger partial charge in [-0.1, -0.05) is 13.3 Å². The number of hydrogen-bond acceptors (Lipinski definition) is 3. The molecule has 3 heteroatoms. The molecule has 20 heavy (non-hydrogen) atoms. The van der Waals surface area contributed by atoms with Gasteiger partial charge in [0.05, 0.1) is 7.11 Å². The molecule has 0 amide bonds. The Balaban J connectivity index is 1.82. The first-order chi connectivity index (χ1) is 9.65. The fraction of sp³-hybridized carbons (Fsp3) is 0.647. The minimum Gasteiger partial charge on any atom is -0.497 e. The van der Waals surface area contributed by atoms with Crippen LogP contribution in [0.5, 0.6) is 11.5 Å². The zero-order valence-corrected chi connectivity index (χ0v) is 12.5. The van der Waals surface area contributed by atoms with Crippen LogP contribution in [0, 0.1) is 5.92 Å². The smallest absolute Gasteiger partial charge is 0.125 e. The van der Waals surface area contributed by atoms with Crippen LogP contribution < -0.4 is 15.2 Å². The molecule has 0 bridgehead atoms. The molecule has 1 fully saturated rings. The highest BCUT2D eigenvalue weighted by Crippen LogP contribution is 2.47. The molecule has 1 aromatic carbocycles. The Morgan fingerprint density at radius 2 is 2.10 bits per heavy atom. The Labute approximate surface area is 121 Å². The summed E-state index contributed by atoms with van der Waals surface area (Å²) in [6.07, 6.45) is 7.05. The molecule has 3 nitrogen and oxygen atoms in total. The molecule has 110 valence electrons. The Morgan fingerprint density at radius 1 is 1.35 bits per heavy atom. The van der Waals surface area contributed by atoms with E-state index in [-0.39, 0.29) is 11.6 Å². The average Bonchev–Trinajstić information content (AvgIpc) is 2.48. The monoisotopic (exact) mass is 275 g/mol. The quantitative estimate of drug-likeness (QED) is 0.892. The largest absolute Gasteiger partial charge is 0.497 e. The summed E-state index contributed by atoms with van der Waals surface area (Å²) >= 11 is 0. The lowest BCUT2D eigenvalue weighted by atomic mass is 9.73. The summed E-state index contributed by atoms with van der Waals surface area (Å²) < 4.78 is 11.7. The van der Waals surface area contributed by atoms with Crippen molar-refractivity contribution in [2.45, 2.75) is 57.1 Å². The van der Waals surface area contributed by atoms with Gasteiger partial charge in [-0.05, 0) is 49.8 Å². The standard InChI is InChI=1S/C17H25NO2/c1-3-12-6-8-17(9-7-12)11-15(18)14-10-13(19-2)4-5-16(14)20-17/h4-5,10,12,15H,3,6-9,11,18H2,1-2H3. The second-order valence-electron chi connectivity index (χ2n) is 6.35. The number of hydrogen-bond donors (Lipinski definition) is 1. The Hall–Kier alpha value is -1.22. The number of rotatable bonds is 2. The molecule has 1 aliphatic carbocycles. The number of nitrogens with two attached hydrogens (primary N) is 1. The van der Waals surface area contributed by atoms with Crippen LogP contribution >= 0.6 is 0 Å². The lowest BCUT2D eigenvalue weighted by molar-refractivity contribution is -0.0110. The van der Waals surface area contributed by atoms with Gasteiger partial charge in [0.2, 0.25) is 0 Å². The molecule has 1 atom stereocenters. The molecule has 1 heterocycles. The van der Waals surface area contributed by atoms with Crippen LogP contribution in [0.2, 0.25) is 0 Å². The van der Waals surface area contributed by atoms with Crippen molar-refractivity contribution < 1.29 is 9.47 Å². The van der Waals surface area contributed by atoms with E-state index in [0.717, 1.165) is 42.2 Å². The van der Waals surface area contributed by atoms with Crippen LogP contribution in [0.4, 0.5) is 0 Å². The maximum Gasteiger partial charge on any atom is 0.125 e. The van der Waals surface area contributed by atoms with Crippen molar-refractivity contribution in [2.75, 3.05) is 7.11 Å². The van der Waals surface area contributed by atoms with Crippen LogP contribution in [-0.4, -0.2) is 12.7 Å². The van der Waals surface area contributed by atoms with Gasteiger partial charge in [0, 0.05) is 18.0 Å². The van der Waals surface area contributed by atoms with Gasteiger partial charge in [-0.3, -0.25) is 0 Å². The molecule has 1 spiro atoms. The normalized spacial score (nSPS) is 32.5. The number of ether oxygens (including phenoxy) is 2. The van der Waals surface area contributed by atoms with Crippen molar-refractivity contribution in [3.05, 3.63) is 23.8 Å². The second kappa shape index (κ2) is 5.28. The third-order valence-corrected chi connectivity index (χ3v) is 5.13. The SMILES string of the molecule is CCC1CCC2(CC1)CC(N)c1cc(OC)ccc1O2. The maximum atomic E-state index is 6.41. The van der Waals surface area contributed by atoms with E-state index >= 15 is 0 Å². The molecule has 1 saturated carbocycles. The van der Waals surface area contributed by atoms with Crippen LogP contribution in [0.3, 0.4) is 0 Å². The molecule has 0 radical (unpaired) electrons. The van der Waals surface area contributed by atoms with Crippen molar-refractivity contribution in [3.8, 4) is 11.5 Å². The summed E-state index contributed by atoms with van der Waals surface area (Å²) in [6.45, 7) is 2.29. The first-order valence-corrected chi connectivity index (χ1v) is 7.78. The van der Waals surface area contributed by atoms with Gasteiger partial charge in [0.25, 0.3) is 0 Å². The van der Waals surface area contributed by atoms with E-state index in [9.17, 15) is 0 Å². The van der Waals surface area contributed by atoms with Crippen molar-refractivity contribution in [2.24, 2.45) is 11.7 Å². The zero-order valence-electron chi connectivity index (χ0n) is 12.5. The molecular formula is C17H25NO2. The van der Waals surface area contributed by atoms with Crippen LogP contribution in [0.15, 0.2) is 18.2 Å². The van der Waals surface area contributed by atoms with E-state index in [1.807, 2.05) is 18.2 Å². The summed E-state index contributed by atoms with van der Waals surface area (Å²) in [4.78, 5) is 0. The molecular weight excluding hydrogens is 250 g/mol. The molecule has 2 aliphatic rings. The molecule has 1 aromatic rings. The third-order valence-electron chi connectivity index (χ3n) is 5.13. The van der Waals surface area contributed by atoms with Crippen LogP contribution in [0.1, 0.15) is 57.1 Å². The Kier molecular flexibility index (Phi) is 3.63. The fourth-order valence-electron chi connectivity index (χ4n) is 3.74. The molecule has 1 aliphatic heterocycles. The minimum absolute atomic E-state index is 0.0212. The van der Waals surface area contributed by atoms with Crippen LogP contribution in [0.25, 0.3) is 0 Å². The Bertz CT molecular complexity index is 478. The fourth-order valence-corrected chi connectivity index (χ4v) is 3.74. The van der Waals surface area contributed by atoms with E-state index in [1.165, 1.54) is 19.3 Å². The summed E-state index contributed by atoms with van der Waals surface area (Å²) in [5.41, 5.74) is 7.48. The van der Waals surface area contributed by atoms with Gasteiger partial charge in [0.15, 0.2) is 0 Å². The van der Waals surface area contributed by atoms with Crippen molar-refractivity contribution >= 4 is 0 Å². The summed E-state index contributed by atoms with van der Waals surface area (Å²) in [6, 6.07) is 6.06. The van der Waals surface area contributed by atoms with E-state index in [0.29, 0.717) is 0 Å². The van der Waals surface area contributed by atoms with Gasteiger partial charge in [-0.2, -0.15) is 0 Å². The first-order valence-electron chi connectivity index (χ1n) is 7.78. The van der Waals surface area contributed by atoms with Gasteiger partial charge in [-0.15, -0.1) is 0 Å². The van der Waals surface area contributed by atoms with E-state index in [4.69, 9.17) is 15.2 Å². The second-order valence-corrected chi connectivity index (χ2v) is 6.35. The molecule has 0 saturated heterocycles. The molecule has 1 unspecified atom stereocenters. The minimum atomic E-state index is -0.0212. The third kappa shape index (κ3) is 2.39. The van der Waals surface area contributed by atoms with E-state index < -0.39 is 0 Å². The highest BCUT2D eigenvalue weighted by molar-refractivity contribution is 5.44. The first kappa shape index (κ1) is 13.7. The lowest BCUT2D eigenvalue weighted by Gasteiger charge is -2.45. The number of fused-ring (bicyclic) bond motifs is 1. The van der Waals surface area contributed by atoms with Gasteiger partial charge in [0.1, 0.15) is 17.1 Å². The zero-order chi connectivity index (χ0) is 14.2.